The van der Waals surface area contributed by atoms with Gasteiger partial charge in [-0.1, -0.05) is 0 Å². The zero-order chi connectivity index (χ0) is 15.7. The first-order valence-electron chi connectivity index (χ1n) is 7.59. The summed E-state index contributed by atoms with van der Waals surface area (Å²) in [4.78, 5) is 26.8. The minimum atomic E-state index is -0.469. The van der Waals surface area contributed by atoms with Gasteiger partial charge in [-0.3, -0.25) is 4.79 Å². The molecule has 1 saturated heterocycles. The van der Waals surface area contributed by atoms with E-state index in [4.69, 9.17) is 4.74 Å². The standard InChI is InChI=1S/C15H20N4O3.ClH/c1-9(2)22-15(21)11-8-17-19-12(7-13(20)18-14(11)19)10-3-5-16-6-4-10;/h7-10,16H,3-6H2,1-2H3,(H,18,20);1H. The average Bonchev–Trinajstić information content (AvgIpc) is 2.90. The molecule has 0 atom stereocenters. The Labute approximate surface area is 139 Å². The van der Waals surface area contributed by atoms with Gasteiger partial charge in [-0.25, -0.2) is 9.31 Å². The lowest BCUT2D eigenvalue weighted by Crippen LogP contribution is -2.28. The number of halogens is 1. The van der Waals surface area contributed by atoms with Crippen molar-refractivity contribution < 1.29 is 9.53 Å². The van der Waals surface area contributed by atoms with Gasteiger partial charge >= 0.3 is 5.97 Å². The minimum Gasteiger partial charge on any atom is -0.459 e. The lowest BCUT2D eigenvalue weighted by molar-refractivity contribution is 0.0380. The molecule has 0 aromatic carbocycles. The number of ether oxygens (including phenoxy) is 1. The summed E-state index contributed by atoms with van der Waals surface area (Å²) in [6, 6.07) is 1.58. The molecule has 3 heterocycles. The number of nitrogens with zero attached hydrogens (tertiary/aromatic N) is 2. The molecule has 3 rings (SSSR count). The molecule has 0 unspecified atom stereocenters. The highest BCUT2D eigenvalue weighted by molar-refractivity contribution is 5.95. The summed E-state index contributed by atoms with van der Waals surface area (Å²) in [6.07, 6.45) is 3.14. The third-order valence-electron chi connectivity index (χ3n) is 3.85. The van der Waals surface area contributed by atoms with Crippen molar-refractivity contribution in [2.24, 2.45) is 0 Å². The Balaban J connectivity index is 0.00000192. The summed E-state index contributed by atoms with van der Waals surface area (Å²) in [7, 11) is 0. The van der Waals surface area contributed by atoms with Crippen LogP contribution in [0.2, 0.25) is 0 Å². The largest absolute Gasteiger partial charge is 0.459 e. The molecular formula is C15H21ClN4O3. The normalized spacial score (nSPS) is 15.6. The summed E-state index contributed by atoms with van der Waals surface area (Å²) in [5, 5.41) is 7.59. The number of hydrogen-bond acceptors (Lipinski definition) is 5. The second-order valence-corrected chi connectivity index (χ2v) is 5.86. The number of carbonyl (C=O) groups excluding carboxylic acids is 1. The van der Waals surface area contributed by atoms with Crippen molar-refractivity contribution in [2.75, 3.05) is 13.1 Å². The molecule has 7 nitrogen and oxygen atoms in total. The smallest absolute Gasteiger partial charge is 0.343 e. The third kappa shape index (κ3) is 3.56. The van der Waals surface area contributed by atoms with Crippen LogP contribution in [0.3, 0.4) is 0 Å². The summed E-state index contributed by atoms with van der Waals surface area (Å²) < 4.78 is 6.86. The molecule has 0 radical (unpaired) electrons. The maximum absolute atomic E-state index is 12.1. The van der Waals surface area contributed by atoms with Gasteiger partial charge in [0.2, 0.25) is 0 Å². The van der Waals surface area contributed by atoms with E-state index < -0.39 is 5.97 Å². The molecular weight excluding hydrogens is 320 g/mol. The first kappa shape index (κ1) is 17.5. The topological polar surface area (TPSA) is 88.5 Å². The highest BCUT2D eigenvalue weighted by Crippen LogP contribution is 2.25. The Morgan fingerprint density at radius 1 is 1.39 bits per heavy atom. The molecule has 2 N–H and O–H groups in total. The lowest BCUT2D eigenvalue weighted by Gasteiger charge is -2.23. The van der Waals surface area contributed by atoms with Crippen LogP contribution < -0.4 is 10.9 Å². The molecule has 1 fully saturated rings. The van der Waals surface area contributed by atoms with Crippen molar-refractivity contribution >= 4 is 24.0 Å². The number of nitrogens with one attached hydrogen (secondary N) is 2. The van der Waals surface area contributed by atoms with Gasteiger partial charge in [0, 0.05) is 12.0 Å². The fourth-order valence-electron chi connectivity index (χ4n) is 2.85. The summed E-state index contributed by atoms with van der Waals surface area (Å²) in [5.74, 6) is -0.206. The molecule has 2 aromatic heterocycles. The van der Waals surface area contributed by atoms with Crippen molar-refractivity contribution in [2.45, 2.75) is 38.7 Å². The zero-order valence-corrected chi connectivity index (χ0v) is 14.0. The van der Waals surface area contributed by atoms with E-state index >= 15 is 0 Å². The van der Waals surface area contributed by atoms with Crippen LogP contribution in [0.5, 0.6) is 0 Å². The molecule has 0 saturated carbocycles. The third-order valence-corrected chi connectivity index (χ3v) is 3.85. The van der Waals surface area contributed by atoms with Crippen LogP contribution in [0.4, 0.5) is 0 Å². The number of fused-ring (bicyclic) bond motifs is 1. The van der Waals surface area contributed by atoms with E-state index in [-0.39, 0.29) is 30.0 Å². The van der Waals surface area contributed by atoms with Gasteiger partial charge < -0.3 is 15.0 Å². The van der Waals surface area contributed by atoms with Gasteiger partial charge in [0.1, 0.15) is 5.56 Å². The summed E-state index contributed by atoms with van der Waals surface area (Å²) in [5.41, 5.74) is 1.33. The van der Waals surface area contributed by atoms with Crippen LogP contribution in [0.25, 0.3) is 5.65 Å². The molecule has 1 aliphatic heterocycles. The molecule has 8 heteroatoms. The number of rotatable bonds is 3. The minimum absolute atomic E-state index is 0. The van der Waals surface area contributed by atoms with Crippen LogP contribution in [-0.4, -0.2) is 39.8 Å². The number of aromatic nitrogens is 3. The van der Waals surface area contributed by atoms with Crippen LogP contribution in [0, 0.1) is 0 Å². The first-order chi connectivity index (χ1) is 10.6. The molecule has 126 valence electrons. The molecule has 0 bridgehead atoms. The number of hydrogen-bond donors (Lipinski definition) is 2. The Hall–Kier alpha value is -1.86. The highest BCUT2D eigenvalue weighted by Gasteiger charge is 2.23. The average molecular weight is 341 g/mol. The highest BCUT2D eigenvalue weighted by atomic mass is 35.5. The van der Waals surface area contributed by atoms with Gasteiger partial charge in [-0.15, -0.1) is 12.4 Å². The van der Waals surface area contributed by atoms with E-state index in [0.29, 0.717) is 11.2 Å². The van der Waals surface area contributed by atoms with Crippen molar-refractivity contribution in [3.05, 3.63) is 33.9 Å². The van der Waals surface area contributed by atoms with Crippen LogP contribution in [-0.2, 0) is 4.74 Å². The van der Waals surface area contributed by atoms with Gasteiger partial charge in [-0.05, 0) is 39.8 Å². The van der Waals surface area contributed by atoms with Gasteiger partial charge in [0.05, 0.1) is 18.0 Å². The van der Waals surface area contributed by atoms with Gasteiger partial charge in [0.25, 0.3) is 5.56 Å². The second kappa shape index (κ2) is 7.14. The van der Waals surface area contributed by atoms with E-state index in [1.54, 1.807) is 24.4 Å². The fourth-order valence-corrected chi connectivity index (χ4v) is 2.85. The molecule has 0 spiro atoms. The van der Waals surface area contributed by atoms with Crippen molar-refractivity contribution in [1.82, 2.24) is 19.9 Å². The van der Waals surface area contributed by atoms with E-state index in [2.05, 4.69) is 15.4 Å². The van der Waals surface area contributed by atoms with Crippen molar-refractivity contribution in [3.63, 3.8) is 0 Å². The monoisotopic (exact) mass is 340 g/mol. The summed E-state index contributed by atoms with van der Waals surface area (Å²) in [6.45, 7) is 5.41. The number of H-pyrrole nitrogens is 1. The van der Waals surface area contributed by atoms with Gasteiger partial charge in [-0.2, -0.15) is 5.10 Å². The SMILES string of the molecule is CC(C)OC(=O)c1cnn2c(C3CCNCC3)cc(=O)[nH]c12.Cl. The predicted octanol–water partition coefficient (Wildman–Crippen LogP) is 1.48. The Kier molecular flexibility index (Phi) is 5.43. The second-order valence-electron chi connectivity index (χ2n) is 5.86. The Morgan fingerprint density at radius 3 is 2.74 bits per heavy atom. The Morgan fingerprint density at radius 2 is 2.09 bits per heavy atom. The zero-order valence-electron chi connectivity index (χ0n) is 13.2. The lowest BCUT2D eigenvalue weighted by atomic mass is 9.94. The van der Waals surface area contributed by atoms with Crippen LogP contribution in [0.1, 0.15) is 48.7 Å². The summed E-state index contributed by atoms with van der Waals surface area (Å²) >= 11 is 0. The van der Waals surface area contributed by atoms with E-state index in [1.807, 2.05) is 0 Å². The van der Waals surface area contributed by atoms with E-state index in [0.717, 1.165) is 31.6 Å². The van der Waals surface area contributed by atoms with Crippen molar-refractivity contribution in [1.29, 1.82) is 0 Å². The number of esters is 1. The van der Waals surface area contributed by atoms with Crippen LogP contribution >= 0.6 is 12.4 Å². The fraction of sp³-hybridized carbons (Fsp3) is 0.533. The molecule has 2 aromatic rings. The number of carbonyl (C=O) groups is 1. The van der Waals surface area contributed by atoms with Gasteiger partial charge in [0.15, 0.2) is 5.65 Å². The van der Waals surface area contributed by atoms with E-state index in [1.165, 1.54) is 6.20 Å². The molecule has 23 heavy (non-hydrogen) atoms. The Bertz CT molecular complexity index is 747. The van der Waals surface area contributed by atoms with Crippen molar-refractivity contribution in [3.8, 4) is 0 Å². The maximum atomic E-state index is 12.1. The number of aromatic amines is 1. The predicted molar refractivity (Wildman–Crippen MR) is 88.5 cm³/mol. The first-order valence-corrected chi connectivity index (χ1v) is 7.59. The van der Waals surface area contributed by atoms with E-state index in [9.17, 15) is 9.59 Å². The molecule has 1 aliphatic rings. The maximum Gasteiger partial charge on any atom is 0.343 e. The number of piperidine rings is 1. The quantitative estimate of drug-likeness (QED) is 0.826. The van der Waals surface area contributed by atoms with Crippen LogP contribution in [0.15, 0.2) is 17.1 Å². The molecule has 0 amide bonds. The molecule has 0 aliphatic carbocycles.